The average Bonchev–Trinajstić information content (AvgIpc) is 3.27. The van der Waals surface area contributed by atoms with Crippen LogP contribution in [0.3, 0.4) is 0 Å². The number of allylic oxidation sites excluding steroid dienone is 4. The monoisotopic (exact) mass is 428 g/mol. The van der Waals surface area contributed by atoms with E-state index in [0.717, 1.165) is 36.1 Å². The van der Waals surface area contributed by atoms with Gasteiger partial charge in [0.2, 0.25) is 0 Å². The molecular formula is C20H13ClF4O2S. The summed E-state index contributed by atoms with van der Waals surface area (Å²) in [7, 11) is -5.40. The lowest BCUT2D eigenvalue weighted by molar-refractivity contribution is -0.0436. The van der Waals surface area contributed by atoms with E-state index in [0.29, 0.717) is 11.1 Å². The van der Waals surface area contributed by atoms with Gasteiger partial charge in [0, 0.05) is 5.41 Å². The molecule has 2 aromatic rings. The second-order valence-electron chi connectivity index (χ2n) is 6.95. The quantitative estimate of drug-likeness (QED) is 0.559. The van der Waals surface area contributed by atoms with Crippen LogP contribution in [0.5, 0.6) is 0 Å². The first-order chi connectivity index (χ1) is 13.0. The topological polar surface area (TPSA) is 34.1 Å². The van der Waals surface area contributed by atoms with Crippen molar-refractivity contribution in [1.29, 1.82) is 0 Å². The second kappa shape index (κ2) is 6.19. The third-order valence-electron chi connectivity index (χ3n) is 4.99. The van der Waals surface area contributed by atoms with Gasteiger partial charge < -0.3 is 0 Å². The van der Waals surface area contributed by atoms with Crippen molar-refractivity contribution in [3.05, 3.63) is 76.6 Å². The lowest BCUT2D eigenvalue weighted by Gasteiger charge is -2.12. The summed E-state index contributed by atoms with van der Waals surface area (Å²) in [6.07, 6.45) is 5.88. The highest BCUT2D eigenvalue weighted by atomic mass is 35.5. The molecule has 4 rings (SSSR count). The number of benzene rings is 2. The van der Waals surface area contributed by atoms with Gasteiger partial charge in [0.1, 0.15) is 5.82 Å². The number of halogens is 5. The maximum Gasteiger partial charge on any atom is 0.501 e. The highest BCUT2D eigenvalue weighted by Gasteiger charge is 2.47. The zero-order chi connectivity index (χ0) is 20.3. The van der Waals surface area contributed by atoms with Crippen LogP contribution in [0.1, 0.15) is 24.0 Å². The zero-order valence-electron chi connectivity index (χ0n) is 14.2. The van der Waals surface area contributed by atoms with Crippen molar-refractivity contribution in [2.75, 3.05) is 0 Å². The van der Waals surface area contributed by atoms with Crippen LogP contribution in [-0.2, 0) is 9.84 Å². The molecule has 0 saturated heterocycles. The van der Waals surface area contributed by atoms with Crippen LogP contribution < -0.4 is 0 Å². The van der Waals surface area contributed by atoms with Gasteiger partial charge in [0.05, 0.1) is 9.92 Å². The van der Waals surface area contributed by atoms with Gasteiger partial charge in [0.25, 0.3) is 9.84 Å². The number of sulfone groups is 1. The van der Waals surface area contributed by atoms with Crippen LogP contribution in [0, 0.1) is 11.2 Å². The van der Waals surface area contributed by atoms with E-state index in [1.807, 2.05) is 12.2 Å². The fourth-order valence-electron chi connectivity index (χ4n) is 3.29. The van der Waals surface area contributed by atoms with Crippen molar-refractivity contribution >= 4 is 32.6 Å². The predicted molar refractivity (Wildman–Crippen MR) is 98.7 cm³/mol. The van der Waals surface area contributed by atoms with Gasteiger partial charge >= 0.3 is 5.51 Å². The van der Waals surface area contributed by atoms with E-state index >= 15 is 0 Å². The standard InChI is InChI=1S/C20H13ClF4O2S/c21-17-6-3-13(9-18(17)22)16-11-19(7-8-19)10-15(16)12-1-4-14(5-2-12)28(26,27)20(23,24)25/h1-6,9-11H,7-8H2. The zero-order valence-corrected chi connectivity index (χ0v) is 15.8. The Kier molecular flexibility index (Phi) is 4.25. The highest BCUT2D eigenvalue weighted by Crippen LogP contribution is 2.57. The Bertz CT molecular complexity index is 1130. The van der Waals surface area contributed by atoms with E-state index in [1.165, 1.54) is 24.3 Å². The van der Waals surface area contributed by atoms with Crippen LogP contribution in [0.25, 0.3) is 11.1 Å². The van der Waals surface area contributed by atoms with Crippen molar-refractivity contribution in [3.8, 4) is 0 Å². The van der Waals surface area contributed by atoms with Gasteiger partial charge in [-0.2, -0.15) is 13.2 Å². The van der Waals surface area contributed by atoms with Gasteiger partial charge in [-0.15, -0.1) is 0 Å². The Morgan fingerprint density at radius 3 is 1.93 bits per heavy atom. The van der Waals surface area contributed by atoms with Gasteiger partial charge in [-0.3, -0.25) is 0 Å². The van der Waals surface area contributed by atoms with Crippen molar-refractivity contribution in [1.82, 2.24) is 0 Å². The first-order valence-corrected chi connectivity index (χ1v) is 10.2. The summed E-state index contributed by atoms with van der Waals surface area (Å²) in [5.41, 5.74) is -2.84. The molecule has 0 aliphatic heterocycles. The maximum absolute atomic E-state index is 13.9. The van der Waals surface area contributed by atoms with E-state index in [-0.39, 0.29) is 10.4 Å². The Balaban J connectivity index is 1.74. The molecule has 28 heavy (non-hydrogen) atoms. The summed E-state index contributed by atoms with van der Waals surface area (Å²) >= 11 is 5.75. The molecule has 0 radical (unpaired) electrons. The molecule has 2 aromatic carbocycles. The third-order valence-corrected chi connectivity index (χ3v) is 6.80. The molecule has 0 atom stereocenters. The van der Waals surface area contributed by atoms with E-state index < -0.39 is 26.1 Å². The molecule has 2 aliphatic rings. The number of hydrogen-bond donors (Lipinski definition) is 0. The van der Waals surface area contributed by atoms with E-state index in [4.69, 9.17) is 11.6 Å². The van der Waals surface area contributed by atoms with Crippen molar-refractivity contribution < 1.29 is 26.0 Å². The molecule has 2 aliphatic carbocycles. The van der Waals surface area contributed by atoms with E-state index in [1.54, 1.807) is 6.07 Å². The molecular weight excluding hydrogens is 416 g/mol. The summed E-state index contributed by atoms with van der Waals surface area (Å²) in [4.78, 5) is -0.813. The van der Waals surface area contributed by atoms with Gasteiger partial charge in [-0.1, -0.05) is 42.0 Å². The lowest BCUT2D eigenvalue weighted by atomic mass is 9.95. The Morgan fingerprint density at radius 2 is 1.43 bits per heavy atom. The summed E-state index contributed by atoms with van der Waals surface area (Å²) in [6.45, 7) is 0. The van der Waals surface area contributed by atoms with Gasteiger partial charge in [-0.05, 0) is 59.4 Å². The van der Waals surface area contributed by atoms with E-state index in [2.05, 4.69) is 0 Å². The van der Waals surface area contributed by atoms with E-state index in [9.17, 15) is 26.0 Å². The molecule has 0 unspecified atom stereocenters. The molecule has 2 nitrogen and oxygen atoms in total. The molecule has 1 fully saturated rings. The highest BCUT2D eigenvalue weighted by molar-refractivity contribution is 7.92. The van der Waals surface area contributed by atoms with Crippen molar-refractivity contribution in [3.63, 3.8) is 0 Å². The molecule has 0 N–H and O–H groups in total. The largest absolute Gasteiger partial charge is 0.501 e. The second-order valence-corrected chi connectivity index (χ2v) is 9.30. The molecule has 8 heteroatoms. The minimum atomic E-state index is -5.40. The minimum Gasteiger partial charge on any atom is -0.214 e. The molecule has 0 amide bonds. The van der Waals surface area contributed by atoms with Gasteiger partial charge in [0.15, 0.2) is 0 Å². The average molecular weight is 429 g/mol. The normalized spacial score (nSPS) is 18.2. The fraction of sp³-hybridized carbons (Fsp3) is 0.200. The molecule has 1 saturated carbocycles. The van der Waals surface area contributed by atoms with Crippen LogP contribution in [0.2, 0.25) is 5.02 Å². The summed E-state index contributed by atoms with van der Waals surface area (Å²) in [5, 5.41) is -0.00396. The molecule has 1 spiro atoms. The predicted octanol–water partition coefficient (Wildman–Crippen LogP) is 6.03. The van der Waals surface area contributed by atoms with Crippen LogP contribution in [0.4, 0.5) is 17.6 Å². The lowest BCUT2D eigenvalue weighted by Crippen LogP contribution is -2.23. The van der Waals surface area contributed by atoms with Gasteiger partial charge in [-0.25, -0.2) is 12.8 Å². The Labute approximate surface area is 164 Å². The fourth-order valence-corrected chi connectivity index (χ4v) is 4.17. The van der Waals surface area contributed by atoms with Crippen molar-refractivity contribution in [2.24, 2.45) is 5.41 Å². The first-order valence-electron chi connectivity index (χ1n) is 8.36. The summed E-state index contributed by atoms with van der Waals surface area (Å²) in [6, 6.07) is 8.99. The maximum atomic E-state index is 13.9. The Hall–Kier alpha value is -2.12. The first kappa shape index (κ1) is 19.2. The molecule has 0 aromatic heterocycles. The molecule has 0 heterocycles. The summed E-state index contributed by atoms with van der Waals surface area (Å²) < 4.78 is 75.2. The number of rotatable bonds is 3. The molecule has 0 bridgehead atoms. The van der Waals surface area contributed by atoms with Crippen molar-refractivity contribution in [2.45, 2.75) is 23.2 Å². The Morgan fingerprint density at radius 1 is 0.893 bits per heavy atom. The summed E-state index contributed by atoms with van der Waals surface area (Å²) in [5.74, 6) is -0.567. The third kappa shape index (κ3) is 3.16. The SMILES string of the molecule is O=S(=O)(c1ccc(C2=CC3(C=C2c2ccc(Cl)c(F)c2)CC3)cc1)C(F)(F)F. The minimum absolute atomic E-state index is 0.00396. The van der Waals surface area contributed by atoms with Crippen LogP contribution >= 0.6 is 11.6 Å². The van der Waals surface area contributed by atoms with Crippen LogP contribution in [0.15, 0.2) is 59.5 Å². The number of hydrogen-bond acceptors (Lipinski definition) is 2. The smallest absolute Gasteiger partial charge is 0.214 e. The molecule has 146 valence electrons. The number of alkyl halides is 3. The van der Waals surface area contributed by atoms with Crippen LogP contribution in [-0.4, -0.2) is 13.9 Å².